The average Bonchev–Trinajstić information content (AvgIpc) is 2.63. The first-order valence-corrected chi connectivity index (χ1v) is 10.1. The fourth-order valence-corrected chi connectivity index (χ4v) is 4.79. The molecule has 2 aliphatic rings. The molecule has 2 fully saturated rings. The summed E-state index contributed by atoms with van der Waals surface area (Å²) in [5, 5.41) is 6.25. The lowest BCUT2D eigenvalue weighted by atomic mass is 10.1. The zero-order valence-electron chi connectivity index (χ0n) is 13.8. The molecule has 132 valence electrons. The number of rotatable bonds is 4. The Kier molecular flexibility index (Phi) is 5.53. The highest BCUT2D eigenvalue weighted by Crippen LogP contribution is 2.21. The number of sulfonamides is 1. The van der Waals surface area contributed by atoms with Crippen molar-refractivity contribution in [2.24, 2.45) is 0 Å². The highest BCUT2D eigenvalue weighted by Gasteiger charge is 2.26. The molecule has 6 nitrogen and oxygen atoms in total. The van der Waals surface area contributed by atoms with Gasteiger partial charge < -0.3 is 10.6 Å². The summed E-state index contributed by atoms with van der Waals surface area (Å²) in [6.45, 7) is 2.95. The molecule has 3 rings (SSSR count). The van der Waals surface area contributed by atoms with Crippen LogP contribution in [0.3, 0.4) is 0 Å². The number of piperidine rings is 2. The zero-order chi connectivity index (χ0) is 17.0. The van der Waals surface area contributed by atoms with Gasteiger partial charge in [0.05, 0.1) is 4.90 Å². The van der Waals surface area contributed by atoms with E-state index >= 15 is 0 Å². The third kappa shape index (κ3) is 3.96. The van der Waals surface area contributed by atoms with E-state index in [-0.39, 0.29) is 16.8 Å². The molecule has 1 aromatic carbocycles. The Bertz CT molecular complexity index is 661. The van der Waals surface area contributed by atoms with E-state index in [0.29, 0.717) is 18.7 Å². The molecule has 2 aliphatic heterocycles. The quantitative estimate of drug-likeness (QED) is 0.858. The largest absolute Gasteiger partial charge is 0.348 e. The summed E-state index contributed by atoms with van der Waals surface area (Å²) >= 11 is 0. The number of nitrogens with one attached hydrogen (secondary N) is 2. The van der Waals surface area contributed by atoms with Gasteiger partial charge in [-0.3, -0.25) is 4.79 Å². The van der Waals surface area contributed by atoms with Crippen LogP contribution in [0.5, 0.6) is 0 Å². The maximum Gasteiger partial charge on any atom is 0.251 e. The lowest BCUT2D eigenvalue weighted by molar-refractivity contribution is 0.0930. The second-order valence-corrected chi connectivity index (χ2v) is 8.44. The van der Waals surface area contributed by atoms with Gasteiger partial charge in [-0.25, -0.2) is 8.42 Å². The Morgan fingerprint density at radius 2 is 1.79 bits per heavy atom. The molecule has 2 saturated heterocycles. The standard InChI is InChI=1S/C17H25N3O3S/c21-17(19-15-5-4-10-18-13-15)14-6-8-16(9-7-14)24(22,23)20-11-2-1-3-12-20/h6-9,15,18H,1-5,10-13H2,(H,19,21)/t15-/m0/s1. The van der Waals surface area contributed by atoms with E-state index in [1.807, 2.05) is 0 Å². The number of benzene rings is 1. The number of carbonyl (C=O) groups is 1. The molecule has 7 heteroatoms. The Balaban J connectivity index is 1.67. The van der Waals surface area contributed by atoms with E-state index in [9.17, 15) is 13.2 Å². The Morgan fingerprint density at radius 3 is 2.42 bits per heavy atom. The SMILES string of the molecule is O=C(N[C@H]1CCCNC1)c1ccc(S(=O)(=O)N2CCCCC2)cc1. The minimum Gasteiger partial charge on any atom is -0.348 e. The van der Waals surface area contributed by atoms with Gasteiger partial charge in [0, 0.05) is 31.2 Å². The van der Waals surface area contributed by atoms with Gasteiger partial charge in [0.15, 0.2) is 0 Å². The van der Waals surface area contributed by atoms with Crippen LogP contribution in [0.2, 0.25) is 0 Å². The van der Waals surface area contributed by atoms with Crippen LogP contribution < -0.4 is 10.6 Å². The molecule has 24 heavy (non-hydrogen) atoms. The summed E-state index contributed by atoms with van der Waals surface area (Å²) < 4.78 is 26.7. The molecule has 2 N–H and O–H groups in total. The second kappa shape index (κ2) is 7.63. The van der Waals surface area contributed by atoms with Gasteiger partial charge in [0.2, 0.25) is 10.0 Å². The monoisotopic (exact) mass is 351 g/mol. The van der Waals surface area contributed by atoms with Gasteiger partial charge in [0.1, 0.15) is 0 Å². The van der Waals surface area contributed by atoms with Crippen molar-refractivity contribution in [3.05, 3.63) is 29.8 Å². The summed E-state index contributed by atoms with van der Waals surface area (Å²) in [6, 6.07) is 6.42. The van der Waals surface area contributed by atoms with Crippen LogP contribution in [0.15, 0.2) is 29.2 Å². The number of nitrogens with zero attached hydrogens (tertiary/aromatic N) is 1. The van der Waals surface area contributed by atoms with Crippen molar-refractivity contribution in [3.63, 3.8) is 0 Å². The molecule has 2 heterocycles. The smallest absolute Gasteiger partial charge is 0.251 e. The second-order valence-electron chi connectivity index (χ2n) is 6.51. The van der Waals surface area contributed by atoms with E-state index in [0.717, 1.165) is 45.2 Å². The third-order valence-corrected chi connectivity index (χ3v) is 6.61. The molecule has 0 spiro atoms. The van der Waals surface area contributed by atoms with Crippen LogP contribution in [0.4, 0.5) is 0 Å². The first kappa shape index (κ1) is 17.4. The topological polar surface area (TPSA) is 78.5 Å². The van der Waals surface area contributed by atoms with Gasteiger partial charge in [-0.2, -0.15) is 4.31 Å². The molecule has 0 unspecified atom stereocenters. The predicted octanol–water partition coefficient (Wildman–Crippen LogP) is 1.34. The van der Waals surface area contributed by atoms with Crippen LogP contribution in [0.1, 0.15) is 42.5 Å². The molecule has 0 aliphatic carbocycles. The molecular weight excluding hydrogens is 326 g/mol. The summed E-state index contributed by atoms with van der Waals surface area (Å²) in [5.74, 6) is -0.148. The number of hydrogen-bond donors (Lipinski definition) is 2. The van der Waals surface area contributed by atoms with Gasteiger partial charge in [-0.1, -0.05) is 6.42 Å². The molecule has 1 amide bonds. The zero-order valence-corrected chi connectivity index (χ0v) is 14.6. The highest BCUT2D eigenvalue weighted by molar-refractivity contribution is 7.89. The van der Waals surface area contributed by atoms with E-state index in [2.05, 4.69) is 10.6 Å². The van der Waals surface area contributed by atoms with Crippen LogP contribution in [0.25, 0.3) is 0 Å². The number of amides is 1. The summed E-state index contributed by atoms with van der Waals surface area (Å²) in [6.07, 6.45) is 4.93. The molecular formula is C17H25N3O3S. The molecule has 0 bridgehead atoms. The first-order valence-electron chi connectivity index (χ1n) is 8.69. The number of hydrogen-bond acceptors (Lipinski definition) is 4. The summed E-state index contributed by atoms with van der Waals surface area (Å²) in [7, 11) is -3.44. The lowest BCUT2D eigenvalue weighted by Gasteiger charge is -2.26. The molecule has 0 radical (unpaired) electrons. The van der Waals surface area contributed by atoms with Gasteiger partial charge in [-0.05, 0) is 56.5 Å². The van der Waals surface area contributed by atoms with Crippen molar-refractivity contribution < 1.29 is 13.2 Å². The minimum absolute atomic E-state index is 0.142. The van der Waals surface area contributed by atoms with Crippen molar-refractivity contribution in [1.29, 1.82) is 0 Å². The van der Waals surface area contributed by atoms with Crippen LogP contribution in [-0.4, -0.2) is 50.9 Å². The van der Waals surface area contributed by atoms with Crippen LogP contribution in [0, 0.1) is 0 Å². The molecule has 1 atom stereocenters. The third-order valence-electron chi connectivity index (χ3n) is 4.70. The van der Waals surface area contributed by atoms with Crippen LogP contribution >= 0.6 is 0 Å². The van der Waals surface area contributed by atoms with Crippen molar-refractivity contribution >= 4 is 15.9 Å². The predicted molar refractivity (Wildman–Crippen MR) is 92.4 cm³/mol. The Labute approximate surface area is 143 Å². The van der Waals surface area contributed by atoms with E-state index < -0.39 is 10.0 Å². The molecule has 0 saturated carbocycles. The summed E-state index contributed by atoms with van der Waals surface area (Å²) in [4.78, 5) is 12.5. The van der Waals surface area contributed by atoms with E-state index in [1.54, 1.807) is 16.4 Å². The van der Waals surface area contributed by atoms with Gasteiger partial charge in [0.25, 0.3) is 5.91 Å². The normalized spacial score (nSPS) is 22.9. The lowest BCUT2D eigenvalue weighted by Crippen LogP contribution is -2.45. The molecule has 0 aromatic heterocycles. The van der Waals surface area contributed by atoms with Crippen molar-refractivity contribution in [2.45, 2.75) is 43.0 Å². The number of carbonyl (C=O) groups excluding carboxylic acids is 1. The van der Waals surface area contributed by atoms with Crippen molar-refractivity contribution in [2.75, 3.05) is 26.2 Å². The van der Waals surface area contributed by atoms with E-state index in [1.165, 1.54) is 12.1 Å². The molecule has 1 aromatic rings. The summed E-state index contributed by atoms with van der Waals surface area (Å²) in [5.41, 5.74) is 0.498. The first-order chi connectivity index (χ1) is 11.6. The highest BCUT2D eigenvalue weighted by atomic mass is 32.2. The van der Waals surface area contributed by atoms with Crippen molar-refractivity contribution in [3.8, 4) is 0 Å². The van der Waals surface area contributed by atoms with Gasteiger partial charge in [-0.15, -0.1) is 0 Å². The Morgan fingerprint density at radius 1 is 1.08 bits per heavy atom. The fraction of sp³-hybridized carbons (Fsp3) is 0.588. The minimum atomic E-state index is -3.44. The van der Waals surface area contributed by atoms with E-state index in [4.69, 9.17) is 0 Å². The maximum absolute atomic E-state index is 12.6. The van der Waals surface area contributed by atoms with Crippen LogP contribution in [-0.2, 0) is 10.0 Å². The van der Waals surface area contributed by atoms with Crippen molar-refractivity contribution in [1.82, 2.24) is 14.9 Å². The maximum atomic E-state index is 12.6. The fourth-order valence-electron chi connectivity index (χ4n) is 3.28. The average molecular weight is 351 g/mol. The Hall–Kier alpha value is -1.44. The van der Waals surface area contributed by atoms with Gasteiger partial charge >= 0.3 is 0 Å².